The Morgan fingerprint density at radius 2 is 1.69 bits per heavy atom. The van der Waals surface area contributed by atoms with E-state index >= 15 is 0 Å². The third-order valence-electron chi connectivity index (χ3n) is 1.72. The van der Waals surface area contributed by atoms with Crippen LogP contribution in [0, 0.1) is 0 Å². The summed E-state index contributed by atoms with van der Waals surface area (Å²) >= 11 is 11.6. The van der Waals surface area contributed by atoms with Crippen molar-refractivity contribution >= 4 is 29.0 Å². The van der Waals surface area contributed by atoms with Crippen LogP contribution in [-0.4, -0.2) is 10.2 Å². The van der Waals surface area contributed by atoms with Crippen molar-refractivity contribution in [1.82, 2.24) is 10.2 Å². The second kappa shape index (κ2) is 4.55. The standard InChI is InChI=1S/C10H7Cl2N3O/c11-6-3-7(12)5-8(4-6)16-10-2-1-9(13)14-15-10/h1-5H,(H2,13,14). The Labute approximate surface area is 102 Å². The van der Waals surface area contributed by atoms with Crippen LogP contribution in [0.25, 0.3) is 0 Å². The molecule has 0 amide bonds. The third-order valence-corrected chi connectivity index (χ3v) is 2.16. The lowest BCUT2D eigenvalue weighted by molar-refractivity contribution is 0.456. The summed E-state index contributed by atoms with van der Waals surface area (Å²) in [5, 5.41) is 8.39. The molecule has 0 spiro atoms. The van der Waals surface area contributed by atoms with Crippen LogP contribution in [0.3, 0.4) is 0 Å². The van der Waals surface area contributed by atoms with Crippen LogP contribution in [0.15, 0.2) is 30.3 Å². The molecule has 2 rings (SSSR count). The fraction of sp³-hybridized carbons (Fsp3) is 0. The first kappa shape index (κ1) is 11.0. The second-order valence-corrected chi connectivity index (χ2v) is 3.88. The minimum Gasteiger partial charge on any atom is -0.437 e. The van der Waals surface area contributed by atoms with E-state index in [0.717, 1.165) is 0 Å². The van der Waals surface area contributed by atoms with Gasteiger partial charge in [0.15, 0.2) is 0 Å². The van der Waals surface area contributed by atoms with Crippen LogP contribution in [0.2, 0.25) is 10.0 Å². The van der Waals surface area contributed by atoms with E-state index in [0.29, 0.717) is 27.5 Å². The van der Waals surface area contributed by atoms with E-state index in [1.54, 1.807) is 30.3 Å². The zero-order valence-electron chi connectivity index (χ0n) is 8.02. The maximum Gasteiger partial charge on any atom is 0.238 e. The van der Waals surface area contributed by atoms with Crippen molar-refractivity contribution in [2.75, 3.05) is 5.73 Å². The highest BCUT2D eigenvalue weighted by molar-refractivity contribution is 6.34. The lowest BCUT2D eigenvalue weighted by Crippen LogP contribution is -1.94. The Hall–Kier alpha value is -1.52. The molecular weight excluding hydrogens is 249 g/mol. The molecule has 0 saturated carbocycles. The molecule has 16 heavy (non-hydrogen) atoms. The molecule has 1 aromatic heterocycles. The molecule has 0 atom stereocenters. The van der Waals surface area contributed by atoms with Crippen LogP contribution in [0.4, 0.5) is 5.82 Å². The summed E-state index contributed by atoms with van der Waals surface area (Å²) in [6.45, 7) is 0. The maximum absolute atomic E-state index is 5.82. The Kier molecular flexibility index (Phi) is 3.12. The second-order valence-electron chi connectivity index (χ2n) is 3.00. The summed E-state index contributed by atoms with van der Waals surface area (Å²) in [7, 11) is 0. The summed E-state index contributed by atoms with van der Waals surface area (Å²) in [6, 6.07) is 8.08. The number of ether oxygens (including phenoxy) is 1. The quantitative estimate of drug-likeness (QED) is 0.896. The van der Waals surface area contributed by atoms with Gasteiger partial charge in [0.05, 0.1) is 0 Å². The first-order chi connectivity index (χ1) is 7.63. The Bertz CT molecular complexity index is 482. The predicted molar refractivity (Wildman–Crippen MR) is 63.0 cm³/mol. The third kappa shape index (κ3) is 2.74. The molecule has 2 aromatic rings. The number of nitrogens with two attached hydrogens (primary N) is 1. The van der Waals surface area contributed by atoms with Crippen molar-refractivity contribution in [3.05, 3.63) is 40.4 Å². The molecule has 0 aliphatic heterocycles. The Morgan fingerprint density at radius 3 is 2.25 bits per heavy atom. The van der Waals surface area contributed by atoms with E-state index in [9.17, 15) is 0 Å². The molecule has 0 aliphatic rings. The van der Waals surface area contributed by atoms with Crippen LogP contribution >= 0.6 is 23.2 Å². The number of benzene rings is 1. The molecular formula is C10H7Cl2N3O. The Morgan fingerprint density at radius 1 is 1.00 bits per heavy atom. The fourth-order valence-corrected chi connectivity index (χ4v) is 1.60. The lowest BCUT2D eigenvalue weighted by atomic mass is 10.3. The van der Waals surface area contributed by atoms with Crippen LogP contribution in [0.1, 0.15) is 0 Å². The van der Waals surface area contributed by atoms with Gasteiger partial charge in [-0.2, -0.15) is 0 Å². The van der Waals surface area contributed by atoms with Gasteiger partial charge in [0.2, 0.25) is 5.88 Å². The summed E-state index contributed by atoms with van der Waals surface area (Å²) in [5.41, 5.74) is 5.40. The normalized spacial score (nSPS) is 10.1. The number of nitrogen functional groups attached to an aromatic ring is 1. The first-order valence-electron chi connectivity index (χ1n) is 4.36. The van der Waals surface area contributed by atoms with Crippen LogP contribution < -0.4 is 10.5 Å². The van der Waals surface area contributed by atoms with Gasteiger partial charge in [-0.05, 0) is 24.3 Å². The SMILES string of the molecule is Nc1ccc(Oc2cc(Cl)cc(Cl)c2)nn1. The van der Waals surface area contributed by atoms with E-state index in [4.69, 9.17) is 33.7 Å². The number of aromatic nitrogens is 2. The van der Waals surface area contributed by atoms with Crippen LogP contribution in [-0.2, 0) is 0 Å². The molecule has 0 saturated heterocycles. The van der Waals surface area contributed by atoms with Gasteiger partial charge in [-0.25, -0.2) is 0 Å². The highest BCUT2D eigenvalue weighted by Crippen LogP contribution is 2.27. The average Bonchev–Trinajstić information content (AvgIpc) is 2.20. The molecule has 2 N–H and O–H groups in total. The monoisotopic (exact) mass is 255 g/mol. The summed E-state index contributed by atoms with van der Waals surface area (Å²) < 4.78 is 5.40. The largest absolute Gasteiger partial charge is 0.437 e. The molecule has 0 fully saturated rings. The van der Waals surface area contributed by atoms with Gasteiger partial charge in [0, 0.05) is 16.1 Å². The van der Waals surface area contributed by atoms with Crippen molar-refractivity contribution in [3.8, 4) is 11.6 Å². The molecule has 6 heteroatoms. The minimum atomic E-state index is 0.326. The van der Waals surface area contributed by atoms with E-state index in [2.05, 4.69) is 10.2 Å². The number of rotatable bonds is 2. The molecule has 1 heterocycles. The minimum absolute atomic E-state index is 0.326. The molecule has 1 aromatic carbocycles. The summed E-state index contributed by atoms with van der Waals surface area (Å²) in [5.74, 6) is 1.15. The maximum atomic E-state index is 5.82. The van der Waals surface area contributed by atoms with Gasteiger partial charge in [-0.3, -0.25) is 0 Å². The zero-order chi connectivity index (χ0) is 11.5. The van der Waals surface area contributed by atoms with E-state index < -0.39 is 0 Å². The van der Waals surface area contributed by atoms with Crippen molar-refractivity contribution < 1.29 is 4.74 Å². The van der Waals surface area contributed by atoms with Gasteiger partial charge >= 0.3 is 0 Å². The number of hydrogen-bond donors (Lipinski definition) is 1. The predicted octanol–water partition coefficient (Wildman–Crippen LogP) is 3.16. The Balaban J connectivity index is 2.23. The fourth-order valence-electron chi connectivity index (χ4n) is 1.09. The van der Waals surface area contributed by atoms with Crippen molar-refractivity contribution in [3.63, 3.8) is 0 Å². The van der Waals surface area contributed by atoms with E-state index in [1.165, 1.54) is 0 Å². The van der Waals surface area contributed by atoms with Crippen molar-refractivity contribution in [2.45, 2.75) is 0 Å². The molecule has 4 nitrogen and oxygen atoms in total. The molecule has 0 radical (unpaired) electrons. The molecule has 0 aliphatic carbocycles. The average molecular weight is 256 g/mol. The van der Waals surface area contributed by atoms with Gasteiger partial charge < -0.3 is 10.5 Å². The summed E-state index contributed by atoms with van der Waals surface area (Å²) in [6.07, 6.45) is 0. The topological polar surface area (TPSA) is 61.0 Å². The smallest absolute Gasteiger partial charge is 0.238 e. The van der Waals surface area contributed by atoms with Crippen molar-refractivity contribution in [2.24, 2.45) is 0 Å². The van der Waals surface area contributed by atoms with Gasteiger partial charge in [0.25, 0.3) is 0 Å². The van der Waals surface area contributed by atoms with E-state index in [1.807, 2.05) is 0 Å². The van der Waals surface area contributed by atoms with Gasteiger partial charge in [0.1, 0.15) is 11.6 Å². The number of hydrogen-bond acceptors (Lipinski definition) is 4. The zero-order valence-corrected chi connectivity index (χ0v) is 9.53. The highest BCUT2D eigenvalue weighted by atomic mass is 35.5. The number of halogens is 2. The molecule has 0 bridgehead atoms. The molecule has 0 unspecified atom stereocenters. The van der Waals surface area contributed by atoms with Crippen molar-refractivity contribution in [1.29, 1.82) is 0 Å². The van der Waals surface area contributed by atoms with Gasteiger partial charge in [-0.15, -0.1) is 10.2 Å². The highest BCUT2D eigenvalue weighted by Gasteiger charge is 2.02. The lowest BCUT2D eigenvalue weighted by Gasteiger charge is -2.04. The summed E-state index contributed by atoms with van der Waals surface area (Å²) in [4.78, 5) is 0. The first-order valence-corrected chi connectivity index (χ1v) is 5.12. The van der Waals surface area contributed by atoms with E-state index in [-0.39, 0.29) is 0 Å². The molecule has 82 valence electrons. The van der Waals surface area contributed by atoms with Gasteiger partial charge in [-0.1, -0.05) is 23.2 Å². The number of nitrogens with zero attached hydrogens (tertiary/aromatic N) is 2. The number of anilines is 1. The van der Waals surface area contributed by atoms with Crippen LogP contribution in [0.5, 0.6) is 11.6 Å².